The van der Waals surface area contributed by atoms with Gasteiger partial charge >= 0.3 is 5.97 Å². The number of likely N-dealkylation sites (N-methyl/N-ethyl adjacent to an activating group) is 1. The fourth-order valence-electron chi connectivity index (χ4n) is 1.97. The van der Waals surface area contributed by atoms with Crippen LogP contribution in [0.5, 0.6) is 0 Å². The summed E-state index contributed by atoms with van der Waals surface area (Å²) in [5.74, 6) is -1.43. The molecule has 1 fully saturated rings. The highest BCUT2D eigenvalue weighted by atomic mass is 32.2. The molecule has 1 atom stereocenters. The molecule has 1 unspecified atom stereocenters. The lowest BCUT2D eigenvalue weighted by molar-refractivity contribution is -0.136. The van der Waals surface area contributed by atoms with Crippen LogP contribution < -0.4 is 4.72 Å². The lowest BCUT2D eigenvalue weighted by Gasteiger charge is -2.31. The van der Waals surface area contributed by atoms with Crippen molar-refractivity contribution >= 4 is 16.0 Å². The fourth-order valence-corrected chi connectivity index (χ4v) is 3.23. The Morgan fingerprint density at radius 2 is 2.24 bits per heavy atom. The number of piperidine rings is 1. The molecular weight excluding hydrogens is 244 g/mol. The van der Waals surface area contributed by atoms with Gasteiger partial charge in [0.15, 0.2) is 0 Å². The topological polar surface area (TPSA) is 86.7 Å². The SMILES string of the molecule is CCN1CCCC(NS(=O)(=O)CCC(=O)O)C1. The third-order valence-electron chi connectivity index (χ3n) is 2.88. The first-order chi connectivity index (χ1) is 7.93. The zero-order valence-electron chi connectivity index (χ0n) is 10.1. The van der Waals surface area contributed by atoms with Gasteiger partial charge in [-0.2, -0.15) is 0 Å². The summed E-state index contributed by atoms with van der Waals surface area (Å²) in [5.41, 5.74) is 0. The van der Waals surface area contributed by atoms with Crippen LogP contribution in [-0.4, -0.2) is 55.8 Å². The number of aliphatic carboxylic acids is 1. The molecule has 2 N–H and O–H groups in total. The number of carboxylic acid groups (broad SMARTS) is 1. The predicted molar refractivity (Wildman–Crippen MR) is 64.3 cm³/mol. The van der Waals surface area contributed by atoms with Gasteiger partial charge in [0.1, 0.15) is 0 Å². The minimum absolute atomic E-state index is 0.0810. The van der Waals surface area contributed by atoms with E-state index in [-0.39, 0.29) is 18.2 Å². The number of likely N-dealkylation sites (tertiary alicyclic amines) is 1. The van der Waals surface area contributed by atoms with Gasteiger partial charge in [0, 0.05) is 12.6 Å². The van der Waals surface area contributed by atoms with Crippen LogP contribution in [0.4, 0.5) is 0 Å². The van der Waals surface area contributed by atoms with E-state index in [1.165, 1.54) is 0 Å². The predicted octanol–water partition coefficient (Wildman–Crippen LogP) is -0.135. The number of carbonyl (C=O) groups is 1. The van der Waals surface area contributed by atoms with Crippen LogP contribution in [0.15, 0.2) is 0 Å². The molecule has 0 radical (unpaired) electrons. The molecule has 0 aromatic heterocycles. The van der Waals surface area contributed by atoms with Crippen LogP contribution in [-0.2, 0) is 14.8 Å². The summed E-state index contributed by atoms with van der Waals surface area (Å²) < 4.78 is 25.8. The molecule has 0 aromatic rings. The number of rotatable bonds is 6. The molecule has 17 heavy (non-hydrogen) atoms. The Bertz CT molecular complexity index is 355. The van der Waals surface area contributed by atoms with Gasteiger partial charge in [-0.05, 0) is 25.9 Å². The van der Waals surface area contributed by atoms with Crippen molar-refractivity contribution in [2.75, 3.05) is 25.4 Å². The average Bonchev–Trinajstić information content (AvgIpc) is 2.26. The molecule has 1 heterocycles. The van der Waals surface area contributed by atoms with E-state index in [0.29, 0.717) is 6.54 Å². The smallest absolute Gasteiger partial charge is 0.304 e. The normalized spacial score (nSPS) is 22.5. The van der Waals surface area contributed by atoms with Gasteiger partial charge in [-0.15, -0.1) is 0 Å². The molecule has 1 saturated heterocycles. The molecular formula is C10H20N2O4S. The fraction of sp³-hybridized carbons (Fsp3) is 0.900. The Balaban J connectivity index is 2.44. The Labute approximate surface area is 102 Å². The first-order valence-electron chi connectivity index (χ1n) is 5.87. The highest BCUT2D eigenvalue weighted by Gasteiger charge is 2.23. The van der Waals surface area contributed by atoms with Crippen molar-refractivity contribution < 1.29 is 18.3 Å². The Hall–Kier alpha value is -0.660. The molecule has 1 aliphatic rings. The number of hydrogen-bond donors (Lipinski definition) is 2. The van der Waals surface area contributed by atoms with Crippen molar-refractivity contribution in [2.45, 2.75) is 32.2 Å². The van der Waals surface area contributed by atoms with E-state index in [2.05, 4.69) is 9.62 Å². The zero-order valence-corrected chi connectivity index (χ0v) is 10.9. The van der Waals surface area contributed by atoms with Gasteiger partial charge in [0.25, 0.3) is 0 Å². The van der Waals surface area contributed by atoms with E-state index in [9.17, 15) is 13.2 Å². The van der Waals surface area contributed by atoms with Gasteiger partial charge in [0.2, 0.25) is 10.0 Å². The van der Waals surface area contributed by atoms with Crippen LogP contribution in [0.3, 0.4) is 0 Å². The molecule has 7 heteroatoms. The third kappa shape index (κ3) is 5.47. The average molecular weight is 264 g/mol. The van der Waals surface area contributed by atoms with E-state index in [1.54, 1.807) is 0 Å². The van der Waals surface area contributed by atoms with Crippen LogP contribution >= 0.6 is 0 Å². The van der Waals surface area contributed by atoms with Gasteiger partial charge in [-0.3, -0.25) is 4.79 Å². The first kappa shape index (κ1) is 14.4. The number of sulfonamides is 1. The second-order valence-electron chi connectivity index (χ2n) is 4.31. The molecule has 0 amide bonds. The molecule has 0 bridgehead atoms. The Kier molecular flexibility index (Phi) is 5.35. The summed E-state index contributed by atoms with van der Waals surface area (Å²) >= 11 is 0. The second kappa shape index (κ2) is 6.32. The lowest BCUT2D eigenvalue weighted by atomic mass is 10.1. The van der Waals surface area contributed by atoms with Crippen molar-refractivity contribution in [2.24, 2.45) is 0 Å². The highest BCUT2D eigenvalue weighted by Crippen LogP contribution is 2.10. The van der Waals surface area contributed by atoms with Gasteiger partial charge in [0.05, 0.1) is 12.2 Å². The van der Waals surface area contributed by atoms with E-state index < -0.39 is 16.0 Å². The Morgan fingerprint density at radius 3 is 2.82 bits per heavy atom. The largest absolute Gasteiger partial charge is 0.481 e. The molecule has 0 aliphatic carbocycles. The maximum atomic E-state index is 11.6. The van der Waals surface area contributed by atoms with E-state index in [1.807, 2.05) is 6.92 Å². The first-order valence-corrected chi connectivity index (χ1v) is 7.52. The minimum Gasteiger partial charge on any atom is -0.481 e. The van der Waals surface area contributed by atoms with Crippen LogP contribution in [0.1, 0.15) is 26.2 Å². The monoisotopic (exact) mass is 264 g/mol. The molecule has 1 aliphatic heterocycles. The molecule has 6 nitrogen and oxygen atoms in total. The molecule has 0 aromatic carbocycles. The highest BCUT2D eigenvalue weighted by molar-refractivity contribution is 7.89. The van der Waals surface area contributed by atoms with Gasteiger partial charge in [-0.25, -0.2) is 13.1 Å². The molecule has 0 saturated carbocycles. The summed E-state index contributed by atoms with van der Waals surface area (Å²) in [6.45, 7) is 4.67. The Morgan fingerprint density at radius 1 is 1.53 bits per heavy atom. The zero-order chi connectivity index (χ0) is 12.9. The molecule has 0 spiro atoms. The van der Waals surface area contributed by atoms with Crippen molar-refractivity contribution in [3.8, 4) is 0 Å². The summed E-state index contributed by atoms with van der Waals surface area (Å²) in [5, 5.41) is 8.46. The van der Waals surface area contributed by atoms with Crippen LogP contribution in [0, 0.1) is 0 Å². The lowest BCUT2D eigenvalue weighted by Crippen LogP contribution is -2.48. The molecule has 1 rings (SSSR count). The summed E-state index contributed by atoms with van der Waals surface area (Å²) in [4.78, 5) is 12.5. The van der Waals surface area contributed by atoms with Crippen molar-refractivity contribution in [1.29, 1.82) is 0 Å². The van der Waals surface area contributed by atoms with E-state index in [0.717, 1.165) is 25.9 Å². The van der Waals surface area contributed by atoms with Crippen LogP contribution in [0.2, 0.25) is 0 Å². The van der Waals surface area contributed by atoms with E-state index in [4.69, 9.17) is 5.11 Å². The number of carboxylic acids is 1. The summed E-state index contributed by atoms with van der Waals surface area (Å²) in [7, 11) is -3.47. The minimum atomic E-state index is -3.47. The standard InChI is InChI=1S/C10H20N2O4S/c1-2-12-6-3-4-9(8-12)11-17(15,16)7-5-10(13)14/h9,11H,2-8H2,1H3,(H,13,14). The number of nitrogens with zero attached hydrogens (tertiary/aromatic N) is 1. The van der Waals surface area contributed by atoms with Gasteiger partial charge < -0.3 is 10.0 Å². The van der Waals surface area contributed by atoms with Crippen LogP contribution in [0.25, 0.3) is 0 Å². The summed E-state index contributed by atoms with van der Waals surface area (Å²) in [6.07, 6.45) is 1.45. The summed E-state index contributed by atoms with van der Waals surface area (Å²) in [6, 6.07) is -0.0810. The van der Waals surface area contributed by atoms with E-state index >= 15 is 0 Å². The van der Waals surface area contributed by atoms with Crippen molar-refractivity contribution in [3.63, 3.8) is 0 Å². The quantitative estimate of drug-likeness (QED) is 0.697. The number of nitrogens with one attached hydrogen (secondary N) is 1. The molecule has 100 valence electrons. The second-order valence-corrected chi connectivity index (χ2v) is 6.19. The van der Waals surface area contributed by atoms with Gasteiger partial charge in [-0.1, -0.05) is 6.92 Å². The maximum absolute atomic E-state index is 11.6. The third-order valence-corrected chi connectivity index (χ3v) is 4.32. The number of hydrogen-bond acceptors (Lipinski definition) is 4. The maximum Gasteiger partial charge on any atom is 0.304 e. The van der Waals surface area contributed by atoms with Crippen molar-refractivity contribution in [3.05, 3.63) is 0 Å². The van der Waals surface area contributed by atoms with Crippen molar-refractivity contribution in [1.82, 2.24) is 9.62 Å².